The molecule has 0 heterocycles. The zero-order valence-corrected chi connectivity index (χ0v) is 16.0. The highest BCUT2D eigenvalue weighted by Crippen LogP contribution is 2.39. The van der Waals surface area contributed by atoms with Crippen molar-refractivity contribution in [1.29, 1.82) is 10.5 Å². The molecule has 0 aliphatic carbocycles. The lowest BCUT2D eigenvalue weighted by molar-refractivity contribution is -0.192. The molecule has 0 spiro atoms. The van der Waals surface area contributed by atoms with E-state index in [1.807, 2.05) is 0 Å². The molecule has 1 aromatic rings. The lowest BCUT2D eigenvalue weighted by Gasteiger charge is -2.37. The number of nitrogens with one attached hydrogen (secondary N) is 1. The number of amides is 2. The number of alkyl halides is 3. The molecule has 0 bridgehead atoms. The van der Waals surface area contributed by atoms with Crippen LogP contribution in [-0.2, 0) is 4.79 Å². The van der Waals surface area contributed by atoms with Gasteiger partial charge in [-0.05, 0) is 30.0 Å². The molecule has 0 saturated carbocycles. The van der Waals surface area contributed by atoms with Gasteiger partial charge in [-0.1, -0.05) is 26.0 Å². The average Bonchev–Trinajstić information content (AvgIpc) is 2.63. The molecule has 0 radical (unpaired) electrons. The fourth-order valence-corrected chi connectivity index (χ4v) is 2.93. The molecule has 0 unspecified atom stereocenters. The monoisotopic (exact) mass is 409 g/mol. The van der Waals surface area contributed by atoms with Crippen molar-refractivity contribution in [2.75, 3.05) is 13.1 Å². The molecule has 3 N–H and O–H groups in total. The quantitative estimate of drug-likeness (QED) is 0.606. The first kappa shape index (κ1) is 23.9. The number of hydrogen-bond acceptors (Lipinski definition) is 5. The van der Waals surface area contributed by atoms with E-state index >= 15 is 0 Å². The third-order valence-electron chi connectivity index (χ3n) is 4.14. The van der Waals surface area contributed by atoms with Crippen LogP contribution < -0.4 is 11.1 Å². The smallest absolute Gasteiger partial charge is 0.368 e. The first-order valence-corrected chi connectivity index (χ1v) is 8.76. The number of nitrogens with two attached hydrogens (primary N) is 1. The summed E-state index contributed by atoms with van der Waals surface area (Å²) < 4.78 is 41.8. The van der Waals surface area contributed by atoms with Gasteiger partial charge < -0.3 is 11.1 Å². The Hall–Kier alpha value is -3.11. The molecule has 1 aromatic carbocycles. The Morgan fingerprint density at radius 3 is 2.17 bits per heavy atom. The third kappa shape index (κ3) is 6.77. The zero-order valence-electron chi connectivity index (χ0n) is 16.0. The van der Waals surface area contributed by atoms with E-state index < -0.39 is 36.6 Å². The van der Waals surface area contributed by atoms with E-state index in [1.165, 1.54) is 12.1 Å². The third-order valence-corrected chi connectivity index (χ3v) is 4.14. The Bertz CT molecular complexity index is 794. The van der Waals surface area contributed by atoms with Crippen LogP contribution in [0.25, 0.3) is 0 Å². The highest BCUT2D eigenvalue weighted by atomic mass is 19.4. The number of rotatable bonds is 9. The Balaban J connectivity index is 3.36. The lowest BCUT2D eigenvalue weighted by Crippen LogP contribution is -2.51. The second-order valence-electron chi connectivity index (χ2n) is 6.79. The van der Waals surface area contributed by atoms with E-state index in [1.54, 1.807) is 26.0 Å². The van der Waals surface area contributed by atoms with Gasteiger partial charge in [0.1, 0.15) is 12.6 Å². The van der Waals surface area contributed by atoms with E-state index in [2.05, 4.69) is 5.32 Å². The molecule has 156 valence electrons. The summed E-state index contributed by atoms with van der Waals surface area (Å²) >= 11 is 0. The summed E-state index contributed by atoms with van der Waals surface area (Å²) in [6.45, 7) is 2.57. The largest absolute Gasteiger partial charge is 0.408 e. The summed E-state index contributed by atoms with van der Waals surface area (Å²) in [6, 6.07) is 4.44. The first-order valence-electron chi connectivity index (χ1n) is 8.76. The average molecular weight is 409 g/mol. The van der Waals surface area contributed by atoms with Gasteiger partial charge >= 0.3 is 6.18 Å². The van der Waals surface area contributed by atoms with Gasteiger partial charge in [0, 0.05) is 5.56 Å². The second kappa shape index (κ2) is 10.4. The molecule has 10 heteroatoms. The highest BCUT2D eigenvalue weighted by molar-refractivity contribution is 5.94. The molecule has 0 fully saturated rings. The number of carbonyl (C=O) groups is 2. The topological polar surface area (TPSA) is 123 Å². The van der Waals surface area contributed by atoms with Crippen molar-refractivity contribution < 1.29 is 22.8 Å². The minimum absolute atomic E-state index is 0.0538. The minimum atomic E-state index is -4.80. The van der Waals surface area contributed by atoms with Gasteiger partial charge in [0.2, 0.25) is 5.91 Å². The van der Waals surface area contributed by atoms with Gasteiger partial charge in [-0.2, -0.15) is 23.7 Å². The number of nitrogens with zero attached hydrogens (tertiary/aromatic N) is 3. The summed E-state index contributed by atoms with van der Waals surface area (Å²) in [5.41, 5.74) is 5.19. The van der Waals surface area contributed by atoms with Crippen LogP contribution >= 0.6 is 0 Å². The Morgan fingerprint density at radius 1 is 1.17 bits per heavy atom. The minimum Gasteiger partial charge on any atom is -0.368 e. The van der Waals surface area contributed by atoms with Crippen LogP contribution in [0.1, 0.15) is 42.2 Å². The summed E-state index contributed by atoms with van der Waals surface area (Å²) in [4.78, 5) is 24.5. The summed E-state index contributed by atoms with van der Waals surface area (Å²) in [6.07, 6.45) is -4.75. The van der Waals surface area contributed by atoms with E-state index in [9.17, 15) is 22.8 Å². The van der Waals surface area contributed by atoms with Crippen LogP contribution in [0.4, 0.5) is 13.2 Å². The van der Waals surface area contributed by atoms with Gasteiger partial charge in [-0.3, -0.25) is 14.5 Å². The predicted octanol–water partition coefficient (Wildman–Crippen LogP) is 2.27. The predicted molar refractivity (Wildman–Crippen MR) is 97.9 cm³/mol. The van der Waals surface area contributed by atoms with Crippen molar-refractivity contribution in [2.45, 2.75) is 38.5 Å². The normalized spacial score (nSPS) is 13.4. The number of primary amides is 1. The van der Waals surface area contributed by atoms with Crippen LogP contribution in [0.5, 0.6) is 0 Å². The molecular formula is C19H22F3N5O2. The van der Waals surface area contributed by atoms with Crippen molar-refractivity contribution >= 4 is 11.8 Å². The van der Waals surface area contributed by atoms with Gasteiger partial charge in [0.25, 0.3) is 5.91 Å². The fraction of sp³-hybridized carbons (Fsp3) is 0.474. The zero-order chi connectivity index (χ0) is 22.2. The molecule has 0 saturated heterocycles. The number of hydrogen-bond donors (Lipinski definition) is 2. The van der Waals surface area contributed by atoms with Crippen molar-refractivity contribution in [3.63, 3.8) is 0 Å². The van der Waals surface area contributed by atoms with Crippen molar-refractivity contribution in [3.05, 3.63) is 35.4 Å². The maximum Gasteiger partial charge on any atom is 0.408 e. The number of carbonyl (C=O) groups excluding carboxylic acids is 2. The Labute approximate surface area is 166 Å². The Kier molecular flexibility index (Phi) is 8.61. The number of nitriles is 2. The van der Waals surface area contributed by atoms with E-state index in [-0.39, 0.29) is 30.0 Å². The number of benzene rings is 1. The molecule has 29 heavy (non-hydrogen) atoms. The molecule has 1 rings (SSSR count). The maximum atomic E-state index is 13.9. The molecule has 7 nitrogen and oxygen atoms in total. The lowest BCUT2D eigenvalue weighted by atomic mass is 9.96. The molecule has 0 aromatic heterocycles. The van der Waals surface area contributed by atoms with E-state index in [0.29, 0.717) is 0 Å². The Morgan fingerprint density at radius 2 is 1.76 bits per heavy atom. The SMILES string of the molecule is CC(C)C[C@@H](C(N)=O)N(CC#N)[C@@H](c1ccc(C(=O)NCC#N)cc1)C(F)(F)F. The van der Waals surface area contributed by atoms with Crippen molar-refractivity contribution in [1.82, 2.24) is 10.2 Å². The van der Waals surface area contributed by atoms with Crippen LogP contribution in [-0.4, -0.2) is 42.0 Å². The first-order chi connectivity index (χ1) is 13.5. The molecular weight excluding hydrogens is 387 g/mol. The number of halogens is 3. The summed E-state index contributed by atoms with van der Waals surface area (Å²) in [5.74, 6) is -1.69. The summed E-state index contributed by atoms with van der Waals surface area (Å²) in [7, 11) is 0. The van der Waals surface area contributed by atoms with Crippen LogP contribution in [0.15, 0.2) is 24.3 Å². The molecule has 2 amide bonds. The second-order valence-corrected chi connectivity index (χ2v) is 6.79. The van der Waals surface area contributed by atoms with Gasteiger partial charge in [-0.25, -0.2) is 0 Å². The molecule has 0 aliphatic heterocycles. The van der Waals surface area contributed by atoms with Crippen molar-refractivity contribution in [2.24, 2.45) is 11.7 Å². The van der Waals surface area contributed by atoms with Gasteiger partial charge in [-0.15, -0.1) is 0 Å². The van der Waals surface area contributed by atoms with E-state index in [0.717, 1.165) is 17.0 Å². The van der Waals surface area contributed by atoms with Crippen LogP contribution in [0.2, 0.25) is 0 Å². The van der Waals surface area contributed by atoms with E-state index in [4.69, 9.17) is 16.3 Å². The van der Waals surface area contributed by atoms with Gasteiger partial charge in [0.15, 0.2) is 0 Å². The van der Waals surface area contributed by atoms with Crippen LogP contribution in [0, 0.1) is 28.6 Å². The maximum absolute atomic E-state index is 13.9. The van der Waals surface area contributed by atoms with Crippen molar-refractivity contribution in [3.8, 4) is 12.1 Å². The fourth-order valence-electron chi connectivity index (χ4n) is 2.93. The standard InChI is InChI=1S/C19H22F3N5O2/c1-12(2)11-15(17(25)28)27(10-8-24)16(19(20,21)22)13-3-5-14(6-4-13)18(29)26-9-7-23/h3-6,12,15-16H,9-11H2,1-2H3,(H2,25,28)(H,26,29)/t15-,16-/m0/s1. The molecule has 2 atom stereocenters. The molecule has 0 aliphatic rings. The summed E-state index contributed by atoms with van der Waals surface area (Å²) in [5, 5.41) is 19.8. The highest BCUT2D eigenvalue weighted by Gasteiger charge is 2.47. The van der Waals surface area contributed by atoms with Gasteiger partial charge in [0.05, 0.1) is 24.7 Å². The van der Waals surface area contributed by atoms with Crippen LogP contribution in [0.3, 0.4) is 0 Å².